The quantitative estimate of drug-likeness (QED) is 0.809. The average Bonchev–Trinajstić information content (AvgIpc) is 2.53. The number of hydrogen-bond donors (Lipinski definition) is 3. The molecule has 2 rings (SSSR count). The van der Waals surface area contributed by atoms with Crippen molar-refractivity contribution in [1.82, 2.24) is 10.3 Å². The van der Waals surface area contributed by atoms with Gasteiger partial charge in [-0.2, -0.15) is 13.2 Å². The number of halogens is 3. The topological polar surface area (TPSA) is 74.2 Å². The highest BCUT2D eigenvalue weighted by Gasteiger charge is 2.30. The second-order valence-electron chi connectivity index (χ2n) is 4.71. The van der Waals surface area contributed by atoms with Crippen LogP contribution in [0.1, 0.15) is 17.2 Å². The largest absolute Gasteiger partial charge is 0.416 e. The fraction of sp³-hybridized carbons (Fsp3) is 0.200. The molecule has 2 aromatic rings. The van der Waals surface area contributed by atoms with Gasteiger partial charge in [-0.3, -0.25) is 4.98 Å². The number of aromatic nitrogens is 1. The highest BCUT2D eigenvalue weighted by atomic mass is 19.4. The van der Waals surface area contributed by atoms with Gasteiger partial charge in [0.2, 0.25) is 0 Å². The number of anilines is 1. The lowest BCUT2D eigenvalue weighted by atomic mass is 10.1. The maximum atomic E-state index is 12.6. The summed E-state index contributed by atoms with van der Waals surface area (Å²) < 4.78 is 37.9. The molecule has 1 heterocycles. The summed E-state index contributed by atoms with van der Waals surface area (Å²) in [7, 11) is 0. The zero-order valence-corrected chi connectivity index (χ0v) is 11.8. The standard InChI is InChI=1S/C15H14F3N3O2/c16-15(17,18)11-3-1-2-10(8-11)13(22)9-20-14(23)21-12-4-6-19-7-5-12/h1-8,13,22H,9H2,(H2,19,20,21,23)/t13-/m1/s1. The van der Waals surface area contributed by atoms with Crippen molar-refractivity contribution in [2.24, 2.45) is 0 Å². The molecule has 2 amide bonds. The summed E-state index contributed by atoms with van der Waals surface area (Å²) >= 11 is 0. The minimum absolute atomic E-state index is 0.0732. The molecule has 122 valence electrons. The van der Waals surface area contributed by atoms with Crippen molar-refractivity contribution in [2.75, 3.05) is 11.9 Å². The number of hydrogen-bond acceptors (Lipinski definition) is 3. The van der Waals surface area contributed by atoms with Crippen molar-refractivity contribution in [3.63, 3.8) is 0 Å². The van der Waals surface area contributed by atoms with Crippen molar-refractivity contribution >= 4 is 11.7 Å². The highest BCUT2D eigenvalue weighted by Crippen LogP contribution is 2.30. The van der Waals surface area contributed by atoms with Gasteiger partial charge in [-0.15, -0.1) is 0 Å². The molecule has 0 saturated carbocycles. The Hall–Kier alpha value is -2.61. The third-order valence-corrected chi connectivity index (χ3v) is 2.99. The maximum Gasteiger partial charge on any atom is 0.416 e. The molecule has 1 aromatic heterocycles. The second-order valence-corrected chi connectivity index (χ2v) is 4.71. The molecule has 0 aliphatic carbocycles. The molecule has 1 aromatic carbocycles. The van der Waals surface area contributed by atoms with Crippen LogP contribution in [-0.4, -0.2) is 22.7 Å². The van der Waals surface area contributed by atoms with Crippen LogP contribution in [0.2, 0.25) is 0 Å². The number of amides is 2. The van der Waals surface area contributed by atoms with Gasteiger partial charge in [-0.25, -0.2) is 4.79 Å². The molecule has 8 heteroatoms. The first-order chi connectivity index (χ1) is 10.9. The van der Waals surface area contributed by atoms with Crippen LogP contribution in [0.3, 0.4) is 0 Å². The van der Waals surface area contributed by atoms with E-state index in [-0.39, 0.29) is 12.1 Å². The van der Waals surface area contributed by atoms with Crippen LogP contribution in [0.5, 0.6) is 0 Å². The second kappa shape index (κ2) is 7.10. The van der Waals surface area contributed by atoms with Crippen LogP contribution < -0.4 is 10.6 Å². The van der Waals surface area contributed by atoms with Crippen molar-refractivity contribution in [1.29, 1.82) is 0 Å². The van der Waals surface area contributed by atoms with E-state index in [0.717, 1.165) is 12.1 Å². The zero-order chi connectivity index (χ0) is 16.9. The number of carbonyl (C=O) groups excluding carboxylic acids is 1. The monoisotopic (exact) mass is 325 g/mol. The Bertz CT molecular complexity index is 663. The van der Waals surface area contributed by atoms with Gasteiger partial charge >= 0.3 is 12.2 Å². The van der Waals surface area contributed by atoms with E-state index in [4.69, 9.17) is 0 Å². The van der Waals surface area contributed by atoms with Gasteiger partial charge in [0, 0.05) is 24.6 Å². The minimum Gasteiger partial charge on any atom is -0.387 e. The fourth-order valence-corrected chi connectivity index (χ4v) is 1.84. The van der Waals surface area contributed by atoms with Crippen LogP contribution in [0.25, 0.3) is 0 Å². The molecule has 0 aliphatic rings. The van der Waals surface area contributed by atoms with Gasteiger partial charge in [-0.05, 0) is 29.8 Å². The third-order valence-electron chi connectivity index (χ3n) is 2.99. The van der Waals surface area contributed by atoms with E-state index in [0.29, 0.717) is 5.69 Å². The molecular formula is C15H14F3N3O2. The van der Waals surface area contributed by atoms with E-state index in [2.05, 4.69) is 15.6 Å². The van der Waals surface area contributed by atoms with Crippen LogP contribution in [0, 0.1) is 0 Å². The number of aliphatic hydroxyl groups excluding tert-OH is 1. The van der Waals surface area contributed by atoms with Crippen LogP contribution in [-0.2, 0) is 6.18 Å². The predicted molar refractivity (Wildman–Crippen MR) is 77.7 cm³/mol. The van der Waals surface area contributed by atoms with Crippen molar-refractivity contribution < 1.29 is 23.1 Å². The Morgan fingerprint density at radius 3 is 2.57 bits per heavy atom. The number of carbonyl (C=O) groups is 1. The van der Waals surface area contributed by atoms with Crippen molar-refractivity contribution in [3.05, 3.63) is 59.9 Å². The SMILES string of the molecule is O=C(NC[C@@H](O)c1cccc(C(F)(F)F)c1)Nc1ccncc1. The van der Waals surface area contributed by atoms with E-state index in [1.165, 1.54) is 24.5 Å². The Labute approximate surface area is 130 Å². The van der Waals surface area contributed by atoms with Gasteiger partial charge < -0.3 is 15.7 Å². The molecule has 1 atom stereocenters. The first-order valence-electron chi connectivity index (χ1n) is 6.66. The molecule has 0 radical (unpaired) electrons. The lowest BCUT2D eigenvalue weighted by Crippen LogP contribution is -2.32. The third kappa shape index (κ3) is 4.96. The Balaban J connectivity index is 1.92. The first-order valence-corrected chi connectivity index (χ1v) is 6.66. The molecule has 5 nitrogen and oxygen atoms in total. The van der Waals surface area contributed by atoms with E-state index in [9.17, 15) is 23.1 Å². The van der Waals surface area contributed by atoms with Gasteiger partial charge in [-0.1, -0.05) is 12.1 Å². The Morgan fingerprint density at radius 1 is 1.22 bits per heavy atom. The lowest BCUT2D eigenvalue weighted by Gasteiger charge is -2.15. The highest BCUT2D eigenvalue weighted by molar-refractivity contribution is 5.89. The number of rotatable bonds is 4. The smallest absolute Gasteiger partial charge is 0.387 e. The lowest BCUT2D eigenvalue weighted by molar-refractivity contribution is -0.137. The van der Waals surface area contributed by atoms with Gasteiger partial charge in [0.05, 0.1) is 11.7 Å². The predicted octanol–water partition coefficient (Wildman–Crippen LogP) is 2.96. The van der Waals surface area contributed by atoms with E-state index >= 15 is 0 Å². The number of benzene rings is 1. The number of pyridine rings is 1. The summed E-state index contributed by atoms with van der Waals surface area (Å²) in [6, 6.07) is 6.90. The number of nitrogens with one attached hydrogen (secondary N) is 2. The maximum absolute atomic E-state index is 12.6. The molecule has 0 unspecified atom stereocenters. The zero-order valence-electron chi connectivity index (χ0n) is 11.8. The van der Waals surface area contributed by atoms with E-state index in [1.807, 2.05) is 0 Å². The van der Waals surface area contributed by atoms with Crippen molar-refractivity contribution in [3.8, 4) is 0 Å². The van der Waals surface area contributed by atoms with Gasteiger partial charge in [0.25, 0.3) is 0 Å². The van der Waals surface area contributed by atoms with Crippen molar-refractivity contribution in [2.45, 2.75) is 12.3 Å². The van der Waals surface area contributed by atoms with E-state index in [1.54, 1.807) is 12.1 Å². The molecule has 0 spiro atoms. The van der Waals surface area contributed by atoms with Gasteiger partial charge in [0.15, 0.2) is 0 Å². The number of urea groups is 1. The summed E-state index contributed by atoms with van der Waals surface area (Å²) in [5.74, 6) is 0. The van der Waals surface area contributed by atoms with Crippen LogP contribution in [0.15, 0.2) is 48.8 Å². The summed E-state index contributed by atoms with van der Waals surface area (Å²) in [6.07, 6.45) is -2.75. The summed E-state index contributed by atoms with van der Waals surface area (Å²) in [4.78, 5) is 15.4. The summed E-state index contributed by atoms with van der Waals surface area (Å²) in [5, 5.41) is 14.8. The Kier molecular flexibility index (Phi) is 5.17. The number of aliphatic hydroxyl groups is 1. The molecule has 0 saturated heterocycles. The number of alkyl halides is 3. The molecular weight excluding hydrogens is 311 g/mol. The summed E-state index contributed by atoms with van der Waals surface area (Å²) in [6.45, 7) is -0.224. The first kappa shape index (κ1) is 16.8. The van der Waals surface area contributed by atoms with E-state index < -0.39 is 23.9 Å². The average molecular weight is 325 g/mol. The molecule has 23 heavy (non-hydrogen) atoms. The normalized spacial score (nSPS) is 12.5. The molecule has 0 aliphatic heterocycles. The minimum atomic E-state index is -4.48. The fourth-order valence-electron chi connectivity index (χ4n) is 1.84. The van der Waals surface area contributed by atoms with Crippen LogP contribution >= 0.6 is 0 Å². The molecule has 0 fully saturated rings. The summed E-state index contributed by atoms with van der Waals surface area (Å²) in [5.41, 5.74) is -0.273. The Morgan fingerprint density at radius 2 is 1.91 bits per heavy atom. The van der Waals surface area contributed by atoms with Crippen LogP contribution in [0.4, 0.5) is 23.7 Å². The number of nitrogens with zero attached hydrogens (tertiary/aromatic N) is 1. The van der Waals surface area contributed by atoms with Gasteiger partial charge in [0.1, 0.15) is 0 Å². The molecule has 3 N–H and O–H groups in total. The molecule has 0 bridgehead atoms.